The number of hydrogen-bond acceptors (Lipinski definition) is 5. The van der Waals surface area contributed by atoms with E-state index in [1.54, 1.807) is 13.8 Å². The van der Waals surface area contributed by atoms with Crippen LogP contribution in [0, 0.1) is 5.92 Å². The van der Waals surface area contributed by atoms with Crippen molar-refractivity contribution < 1.29 is 22.7 Å². The van der Waals surface area contributed by atoms with Gasteiger partial charge in [-0.15, -0.1) is 0 Å². The molecule has 8 heteroatoms. The zero-order valence-electron chi connectivity index (χ0n) is 15.7. The van der Waals surface area contributed by atoms with Crippen molar-refractivity contribution >= 4 is 27.6 Å². The van der Waals surface area contributed by atoms with Gasteiger partial charge in [0.1, 0.15) is 0 Å². The Morgan fingerprint density at radius 1 is 1.19 bits per heavy atom. The molecule has 0 unspecified atom stereocenters. The van der Waals surface area contributed by atoms with Crippen LogP contribution < -0.4 is 5.32 Å². The SMILES string of the molecule is CCN(CC)S(=O)(=O)c1ccc(NC(=O)COC(=O)C[C@@H]2C=CCC2)cc1. The van der Waals surface area contributed by atoms with Crippen molar-refractivity contribution in [1.82, 2.24) is 4.31 Å². The van der Waals surface area contributed by atoms with Gasteiger partial charge in [0.25, 0.3) is 5.91 Å². The number of nitrogens with one attached hydrogen (secondary N) is 1. The van der Waals surface area contributed by atoms with Crippen molar-refractivity contribution in [2.24, 2.45) is 5.92 Å². The molecule has 148 valence electrons. The van der Waals surface area contributed by atoms with Crippen LogP contribution in [0.5, 0.6) is 0 Å². The molecule has 0 fully saturated rings. The Balaban J connectivity index is 1.85. The minimum Gasteiger partial charge on any atom is -0.456 e. The maximum Gasteiger partial charge on any atom is 0.306 e. The van der Waals surface area contributed by atoms with Gasteiger partial charge < -0.3 is 10.1 Å². The third-order valence-electron chi connectivity index (χ3n) is 4.39. The third kappa shape index (κ3) is 5.90. The highest BCUT2D eigenvalue weighted by Gasteiger charge is 2.21. The molecule has 1 aliphatic rings. The minimum atomic E-state index is -3.53. The van der Waals surface area contributed by atoms with E-state index in [0.717, 1.165) is 12.8 Å². The second-order valence-corrected chi connectivity index (χ2v) is 8.23. The normalized spacial score (nSPS) is 16.5. The first-order valence-electron chi connectivity index (χ1n) is 9.09. The summed E-state index contributed by atoms with van der Waals surface area (Å²) in [4.78, 5) is 23.8. The third-order valence-corrected chi connectivity index (χ3v) is 6.45. The molecular weight excluding hydrogens is 368 g/mol. The highest BCUT2D eigenvalue weighted by Crippen LogP contribution is 2.21. The van der Waals surface area contributed by atoms with Crippen molar-refractivity contribution in [1.29, 1.82) is 0 Å². The molecule has 27 heavy (non-hydrogen) atoms. The average Bonchev–Trinajstić information content (AvgIpc) is 3.14. The Morgan fingerprint density at radius 3 is 2.41 bits per heavy atom. The molecule has 1 amide bonds. The van der Waals surface area contributed by atoms with Gasteiger partial charge in [0, 0.05) is 18.8 Å². The summed E-state index contributed by atoms with van der Waals surface area (Å²) in [6.45, 7) is 3.97. The fourth-order valence-electron chi connectivity index (χ4n) is 2.90. The zero-order chi connectivity index (χ0) is 19.9. The summed E-state index contributed by atoms with van der Waals surface area (Å²) in [6.07, 6.45) is 6.22. The van der Waals surface area contributed by atoms with Gasteiger partial charge in [-0.2, -0.15) is 4.31 Å². The van der Waals surface area contributed by atoms with E-state index in [9.17, 15) is 18.0 Å². The van der Waals surface area contributed by atoms with Crippen LogP contribution in [0.25, 0.3) is 0 Å². The van der Waals surface area contributed by atoms with Crippen molar-refractivity contribution in [3.63, 3.8) is 0 Å². The molecule has 0 saturated heterocycles. The van der Waals surface area contributed by atoms with Gasteiger partial charge in [0.15, 0.2) is 6.61 Å². The van der Waals surface area contributed by atoms with Gasteiger partial charge in [-0.3, -0.25) is 9.59 Å². The van der Waals surface area contributed by atoms with Crippen LogP contribution in [-0.2, 0) is 24.3 Å². The molecule has 7 nitrogen and oxygen atoms in total. The van der Waals surface area contributed by atoms with Crippen molar-refractivity contribution in [2.75, 3.05) is 25.0 Å². The first-order valence-corrected chi connectivity index (χ1v) is 10.5. The number of nitrogens with zero attached hydrogens (tertiary/aromatic N) is 1. The Bertz CT molecular complexity index is 783. The molecule has 0 spiro atoms. The lowest BCUT2D eigenvalue weighted by Crippen LogP contribution is -2.30. The average molecular weight is 394 g/mol. The van der Waals surface area contributed by atoms with E-state index < -0.39 is 21.9 Å². The smallest absolute Gasteiger partial charge is 0.306 e. The summed E-state index contributed by atoms with van der Waals surface area (Å²) in [6, 6.07) is 5.92. The number of allylic oxidation sites excluding steroid dienone is 2. The maximum atomic E-state index is 12.4. The molecule has 0 aliphatic heterocycles. The van der Waals surface area contributed by atoms with Crippen molar-refractivity contribution in [3.8, 4) is 0 Å². The number of hydrogen-bond donors (Lipinski definition) is 1. The van der Waals surface area contributed by atoms with E-state index >= 15 is 0 Å². The molecule has 0 aromatic heterocycles. The number of rotatable bonds is 9. The van der Waals surface area contributed by atoms with Gasteiger partial charge in [-0.05, 0) is 43.0 Å². The number of ether oxygens (including phenoxy) is 1. The molecule has 0 heterocycles. The predicted molar refractivity (Wildman–Crippen MR) is 103 cm³/mol. The topological polar surface area (TPSA) is 92.8 Å². The van der Waals surface area contributed by atoms with Gasteiger partial charge in [0.2, 0.25) is 10.0 Å². The monoisotopic (exact) mass is 394 g/mol. The Hall–Kier alpha value is -2.19. The molecule has 1 atom stereocenters. The first-order chi connectivity index (χ1) is 12.9. The quantitative estimate of drug-likeness (QED) is 0.513. The fourth-order valence-corrected chi connectivity index (χ4v) is 4.36. The fraction of sp³-hybridized carbons (Fsp3) is 0.474. The maximum absolute atomic E-state index is 12.4. The second kappa shape index (κ2) is 9.66. The van der Waals surface area contributed by atoms with Gasteiger partial charge in [0.05, 0.1) is 11.3 Å². The molecule has 1 aromatic rings. The molecule has 0 saturated carbocycles. The van der Waals surface area contributed by atoms with Gasteiger partial charge in [-0.1, -0.05) is 26.0 Å². The molecule has 2 rings (SSSR count). The lowest BCUT2D eigenvalue weighted by atomic mass is 10.1. The molecule has 1 N–H and O–H groups in total. The number of amides is 1. The highest BCUT2D eigenvalue weighted by molar-refractivity contribution is 7.89. The van der Waals surface area contributed by atoms with Crippen molar-refractivity contribution in [2.45, 2.75) is 38.0 Å². The summed E-state index contributed by atoms with van der Waals surface area (Å²) in [5.74, 6) is -0.673. The summed E-state index contributed by atoms with van der Waals surface area (Å²) in [7, 11) is -3.53. The number of sulfonamides is 1. The Labute approximate surface area is 160 Å². The Morgan fingerprint density at radius 2 is 1.85 bits per heavy atom. The van der Waals surface area contributed by atoms with Gasteiger partial charge >= 0.3 is 5.97 Å². The number of carbonyl (C=O) groups excluding carboxylic acids is 2. The molecule has 0 radical (unpaired) electrons. The molecular formula is C19H26N2O5S. The summed E-state index contributed by atoms with van der Waals surface area (Å²) in [5.41, 5.74) is 0.438. The standard InChI is InChI=1S/C19H26N2O5S/c1-3-21(4-2)27(24,25)17-11-9-16(10-12-17)20-18(22)14-26-19(23)13-15-7-5-6-8-15/h5,7,9-12,15H,3-4,6,8,13-14H2,1-2H3,(H,20,22)/t15-/m1/s1. The van der Waals surface area contributed by atoms with Crippen LogP contribution in [0.2, 0.25) is 0 Å². The predicted octanol–water partition coefficient (Wildman–Crippen LogP) is 2.56. The van der Waals surface area contributed by atoms with Crippen LogP contribution >= 0.6 is 0 Å². The minimum absolute atomic E-state index is 0.167. The number of esters is 1. The van der Waals surface area contributed by atoms with E-state index in [1.165, 1.54) is 28.6 Å². The lowest BCUT2D eigenvalue weighted by molar-refractivity contribution is -0.147. The zero-order valence-corrected chi connectivity index (χ0v) is 16.5. The van der Waals surface area contributed by atoms with Crippen LogP contribution in [-0.4, -0.2) is 44.3 Å². The Kier molecular flexibility index (Phi) is 7.55. The van der Waals surface area contributed by atoms with E-state index in [4.69, 9.17) is 4.74 Å². The number of benzene rings is 1. The van der Waals surface area contributed by atoms with Crippen LogP contribution in [0.15, 0.2) is 41.3 Å². The van der Waals surface area contributed by atoms with E-state index in [2.05, 4.69) is 5.32 Å². The first kappa shape index (κ1) is 21.1. The lowest BCUT2D eigenvalue weighted by Gasteiger charge is -2.18. The summed E-state index contributed by atoms with van der Waals surface area (Å²) in [5, 5.41) is 2.59. The highest BCUT2D eigenvalue weighted by atomic mass is 32.2. The van der Waals surface area contributed by atoms with E-state index in [-0.39, 0.29) is 23.8 Å². The second-order valence-electron chi connectivity index (χ2n) is 6.29. The van der Waals surface area contributed by atoms with E-state index in [1.807, 2.05) is 12.2 Å². The van der Waals surface area contributed by atoms with Crippen molar-refractivity contribution in [3.05, 3.63) is 36.4 Å². The molecule has 0 bridgehead atoms. The summed E-state index contributed by atoms with van der Waals surface area (Å²) >= 11 is 0. The van der Waals surface area contributed by atoms with Gasteiger partial charge in [-0.25, -0.2) is 8.42 Å². The number of carbonyl (C=O) groups is 2. The number of anilines is 1. The van der Waals surface area contributed by atoms with E-state index in [0.29, 0.717) is 18.8 Å². The van der Waals surface area contributed by atoms with Crippen LogP contribution in [0.3, 0.4) is 0 Å². The van der Waals surface area contributed by atoms with Crippen LogP contribution in [0.1, 0.15) is 33.1 Å². The molecule has 1 aliphatic carbocycles. The summed E-state index contributed by atoms with van der Waals surface area (Å²) < 4.78 is 31.2. The van der Waals surface area contributed by atoms with Crippen LogP contribution in [0.4, 0.5) is 5.69 Å². The molecule has 1 aromatic carbocycles. The largest absolute Gasteiger partial charge is 0.456 e.